The van der Waals surface area contributed by atoms with Crippen LogP contribution in [0.3, 0.4) is 0 Å². The summed E-state index contributed by atoms with van der Waals surface area (Å²) in [6.45, 7) is 3.66. The molecule has 1 heterocycles. The number of rotatable bonds is 3. The number of hydrogen-bond acceptors (Lipinski definition) is 5. The number of likely N-dealkylation sites (tertiary alicyclic amines) is 1. The summed E-state index contributed by atoms with van der Waals surface area (Å²) in [5.41, 5.74) is -0.722. The Hall–Kier alpha value is -1.81. The van der Waals surface area contributed by atoms with E-state index >= 15 is 0 Å². The van der Waals surface area contributed by atoms with E-state index in [0.29, 0.717) is 18.3 Å². The van der Waals surface area contributed by atoms with Gasteiger partial charge in [0.25, 0.3) is 0 Å². The molecule has 2 amide bonds. The fraction of sp³-hybridized carbons (Fsp3) is 0.810. The molecule has 8 heteroatoms. The molecule has 158 valence electrons. The number of amides is 2. The molecule has 0 aromatic rings. The van der Waals surface area contributed by atoms with Crippen LogP contribution in [0.4, 0.5) is 4.79 Å². The minimum atomic E-state index is -0.722. The third-order valence-corrected chi connectivity index (χ3v) is 7.89. The number of halogens is 1. The van der Waals surface area contributed by atoms with Gasteiger partial charge in [-0.3, -0.25) is 10.8 Å². The number of ether oxygens (including phenoxy) is 1. The number of fused-ring (bicyclic) bond motifs is 2. The van der Waals surface area contributed by atoms with Crippen LogP contribution in [-0.2, 0) is 4.74 Å². The summed E-state index contributed by atoms with van der Waals surface area (Å²) in [6.07, 6.45) is 5.82. The molecule has 8 atom stereocenters. The molecule has 3 aliphatic carbocycles. The Bertz CT molecular complexity index is 767. The van der Waals surface area contributed by atoms with Crippen molar-refractivity contribution in [2.75, 3.05) is 0 Å². The van der Waals surface area contributed by atoms with Crippen molar-refractivity contribution in [1.29, 1.82) is 16.1 Å². The number of nitrogens with one attached hydrogen (secondary N) is 3. The van der Waals surface area contributed by atoms with Gasteiger partial charge in [-0.25, -0.2) is 4.79 Å². The number of hydrogen-bond donors (Lipinski definition) is 3. The zero-order valence-electron chi connectivity index (χ0n) is 17.1. The fourth-order valence-corrected chi connectivity index (χ4v) is 6.45. The predicted octanol–water partition coefficient (Wildman–Crippen LogP) is 3.87. The molecule has 0 radical (unpaired) electrons. The second-order valence-electron chi connectivity index (χ2n) is 9.57. The molecule has 4 aliphatic rings. The maximum Gasteiger partial charge on any atom is 0.318 e. The van der Waals surface area contributed by atoms with Crippen molar-refractivity contribution in [2.45, 2.75) is 81.8 Å². The molecular formula is C21H30ClN5O2. The van der Waals surface area contributed by atoms with Crippen molar-refractivity contribution in [3.8, 4) is 6.07 Å². The first-order valence-corrected chi connectivity index (χ1v) is 11.1. The number of nitrogens with zero attached hydrogens (tertiary/aromatic N) is 2. The highest BCUT2D eigenvalue weighted by molar-refractivity contribution is 6.20. The largest absolute Gasteiger partial charge is 0.428 e. The lowest BCUT2D eigenvalue weighted by Crippen LogP contribution is -2.76. The van der Waals surface area contributed by atoms with Crippen LogP contribution in [0.15, 0.2) is 0 Å². The second kappa shape index (κ2) is 7.46. The average Bonchev–Trinajstić information content (AvgIpc) is 3.41. The minimum Gasteiger partial charge on any atom is -0.428 e. The lowest BCUT2D eigenvalue weighted by atomic mass is 9.64. The van der Waals surface area contributed by atoms with Crippen LogP contribution in [-0.4, -0.2) is 45.7 Å². The lowest BCUT2D eigenvalue weighted by Gasteiger charge is -2.62. The normalized spacial score (nSPS) is 42.8. The van der Waals surface area contributed by atoms with E-state index in [9.17, 15) is 4.79 Å². The highest BCUT2D eigenvalue weighted by Gasteiger charge is 2.62. The summed E-state index contributed by atoms with van der Waals surface area (Å²) >= 11 is 6.55. The van der Waals surface area contributed by atoms with Gasteiger partial charge in [-0.05, 0) is 56.3 Å². The summed E-state index contributed by atoms with van der Waals surface area (Å²) in [5.74, 6) is 1.19. The van der Waals surface area contributed by atoms with Crippen molar-refractivity contribution < 1.29 is 9.53 Å². The highest BCUT2D eigenvalue weighted by atomic mass is 35.5. The van der Waals surface area contributed by atoms with Crippen LogP contribution in [0.5, 0.6) is 0 Å². The zero-order chi connectivity index (χ0) is 20.9. The maximum absolute atomic E-state index is 13.2. The first kappa shape index (κ1) is 20.5. The van der Waals surface area contributed by atoms with Crippen LogP contribution >= 0.6 is 11.6 Å². The van der Waals surface area contributed by atoms with Gasteiger partial charge in [-0.1, -0.05) is 6.92 Å². The summed E-state index contributed by atoms with van der Waals surface area (Å²) in [4.78, 5) is 15.0. The number of piperidine rings is 1. The molecule has 0 aromatic heterocycles. The summed E-state index contributed by atoms with van der Waals surface area (Å²) in [5, 5.41) is 28.4. The minimum absolute atomic E-state index is 0.0140. The van der Waals surface area contributed by atoms with E-state index in [2.05, 4.69) is 18.3 Å². The first-order chi connectivity index (χ1) is 13.7. The third kappa shape index (κ3) is 3.61. The Morgan fingerprint density at radius 1 is 1.24 bits per heavy atom. The van der Waals surface area contributed by atoms with Crippen molar-refractivity contribution in [3.63, 3.8) is 0 Å². The van der Waals surface area contributed by atoms with Gasteiger partial charge in [0.05, 0.1) is 6.07 Å². The average molecular weight is 420 g/mol. The van der Waals surface area contributed by atoms with Crippen LogP contribution < -0.4 is 5.32 Å². The molecule has 4 fully saturated rings. The fourth-order valence-electron chi connectivity index (χ4n) is 6.04. The van der Waals surface area contributed by atoms with Gasteiger partial charge in [0, 0.05) is 36.7 Å². The Morgan fingerprint density at radius 3 is 2.66 bits per heavy atom. The third-order valence-electron chi connectivity index (χ3n) is 7.35. The van der Waals surface area contributed by atoms with E-state index in [1.165, 1.54) is 6.92 Å². The molecule has 29 heavy (non-hydrogen) atoms. The second-order valence-corrected chi connectivity index (χ2v) is 10.1. The number of alkyl halides is 1. The molecule has 7 nitrogen and oxygen atoms in total. The molecule has 3 saturated carbocycles. The standard InChI is InChI=1S/C21H30ClN5O2/c1-11-5-15-9-21(8-11,19(25)29-12(2)24)27(15)20(28)26-14-3-4-18(22)17(7-14)16-6-13(16)10-23/h11,13-18,24-25H,3-9H2,1-2H3,(H,26,28)/t11-,13-,14?,15?,16?,17-,18?,21?/m1/s1. The topological polar surface area (TPSA) is 113 Å². The summed E-state index contributed by atoms with van der Waals surface area (Å²) < 4.78 is 5.34. The highest BCUT2D eigenvalue weighted by Crippen LogP contribution is 2.52. The summed E-state index contributed by atoms with van der Waals surface area (Å²) in [6, 6.07) is 2.40. The maximum atomic E-state index is 13.2. The Kier molecular flexibility index (Phi) is 5.27. The summed E-state index contributed by atoms with van der Waals surface area (Å²) in [7, 11) is 0. The van der Waals surface area contributed by atoms with Gasteiger partial charge in [0.1, 0.15) is 5.54 Å². The Labute approximate surface area is 177 Å². The van der Waals surface area contributed by atoms with Crippen LogP contribution in [0.1, 0.15) is 58.8 Å². The van der Waals surface area contributed by atoms with Crippen molar-refractivity contribution in [3.05, 3.63) is 0 Å². The van der Waals surface area contributed by atoms with Gasteiger partial charge < -0.3 is 15.0 Å². The smallest absolute Gasteiger partial charge is 0.318 e. The Balaban J connectivity index is 1.43. The van der Waals surface area contributed by atoms with Gasteiger partial charge in [-0.15, -0.1) is 11.6 Å². The van der Waals surface area contributed by atoms with E-state index in [0.717, 1.165) is 38.5 Å². The first-order valence-electron chi connectivity index (χ1n) is 10.7. The van der Waals surface area contributed by atoms with Crippen molar-refractivity contribution in [1.82, 2.24) is 10.2 Å². The van der Waals surface area contributed by atoms with E-state index in [4.69, 9.17) is 32.4 Å². The van der Waals surface area contributed by atoms with Gasteiger partial charge in [0.2, 0.25) is 5.90 Å². The molecular weight excluding hydrogens is 390 g/mol. The zero-order valence-corrected chi connectivity index (χ0v) is 17.8. The van der Waals surface area contributed by atoms with Crippen molar-refractivity contribution >= 4 is 29.4 Å². The van der Waals surface area contributed by atoms with E-state index < -0.39 is 5.54 Å². The monoisotopic (exact) mass is 419 g/mol. The lowest BCUT2D eigenvalue weighted by molar-refractivity contribution is -0.0592. The van der Waals surface area contributed by atoms with Crippen molar-refractivity contribution in [2.24, 2.45) is 23.7 Å². The quantitative estimate of drug-likeness (QED) is 0.366. The molecule has 1 aliphatic heterocycles. The molecule has 3 N–H and O–H groups in total. The van der Waals surface area contributed by atoms with Crippen LogP contribution in [0.25, 0.3) is 0 Å². The van der Waals surface area contributed by atoms with Gasteiger partial charge >= 0.3 is 6.03 Å². The van der Waals surface area contributed by atoms with E-state index in [1.54, 1.807) is 4.90 Å². The SMILES string of the molecule is CC(=N)OC(=N)C12CC(C[C@@H](C)C1)N2C(=O)NC1CCC(Cl)[C@@H](C2C[C@@H]2C#N)C1. The molecule has 0 spiro atoms. The molecule has 4 rings (SSSR count). The number of nitriles is 1. The van der Waals surface area contributed by atoms with Crippen LogP contribution in [0, 0.1) is 45.8 Å². The van der Waals surface area contributed by atoms with Gasteiger partial charge in [0.15, 0.2) is 5.90 Å². The van der Waals surface area contributed by atoms with E-state index in [-0.39, 0.29) is 47.1 Å². The predicted molar refractivity (Wildman–Crippen MR) is 110 cm³/mol. The van der Waals surface area contributed by atoms with Crippen LogP contribution in [0.2, 0.25) is 0 Å². The van der Waals surface area contributed by atoms with E-state index in [1.807, 2.05) is 0 Å². The van der Waals surface area contributed by atoms with Gasteiger partial charge in [-0.2, -0.15) is 5.26 Å². The number of carbonyl (C=O) groups is 1. The Morgan fingerprint density at radius 2 is 2.00 bits per heavy atom. The molecule has 2 bridgehead atoms. The molecule has 1 saturated heterocycles. The number of carbonyl (C=O) groups excluding carboxylic acids is 1. The molecule has 5 unspecified atom stereocenters. The number of urea groups is 1. The molecule has 0 aromatic carbocycles.